The lowest BCUT2D eigenvalue weighted by Crippen LogP contribution is -2.16. The van der Waals surface area contributed by atoms with Gasteiger partial charge in [0.15, 0.2) is 11.5 Å². The van der Waals surface area contributed by atoms with E-state index in [0.29, 0.717) is 31.1 Å². The molecule has 0 heterocycles. The van der Waals surface area contributed by atoms with Gasteiger partial charge in [0.2, 0.25) is 0 Å². The van der Waals surface area contributed by atoms with Gasteiger partial charge >= 0.3 is 5.97 Å². The summed E-state index contributed by atoms with van der Waals surface area (Å²) in [6.07, 6.45) is 0.408. The zero-order valence-electron chi connectivity index (χ0n) is 15.3. The number of benzene rings is 2. The van der Waals surface area contributed by atoms with E-state index < -0.39 is 11.9 Å². The number of ether oxygens (including phenoxy) is 2. The lowest BCUT2D eigenvalue weighted by molar-refractivity contribution is -0.138. The molecule has 0 aliphatic rings. The standard InChI is InChI=1S/C21H26O4/c1-5-24-19-10-8-16(13-20(19)25-6-2)12-18(21(22)23)17-9-7-14(3)11-15(17)4/h7-11,13,18H,5-6,12H2,1-4H3,(H,22,23). The van der Waals surface area contributed by atoms with Gasteiger partial charge in [-0.3, -0.25) is 4.79 Å². The predicted octanol–water partition coefficient (Wildman–Crippen LogP) is 4.51. The molecule has 0 aromatic heterocycles. The summed E-state index contributed by atoms with van der Waals surface area (Å²) in [5.41, 5.74) is 3.90. The Bertz CT molecular complexity index is 737. The van der Waals surface area contributed by atoms with E-state index in [-0.39, 0.29) is 0 Å². The van der Waals surface area contributed by atoms with Crippen LogP contribution in [0.2, 0.25) is 0 Å². The first-order chi connectivity index (χ1) is 12.0. The molecule has 0 radical (unpaired) electrons. The van der Waals surface area contributed by atoms with Gasteiger partial charge in [-0.1, -0.05) is 29.8 Å². The van der Waals surface area contributed by atoms with Crippen molar-refractivity contribution < 1.29 is 19.4 Å². The molecule has 134 valence electrons. The van der Waals surface area contributed by atoms with Gasteiger partial charge in [-0.2, -0.15) is 0 Å². The lowest BCUT2D eigenvalue weighted by Gasteiger charge is -2.17. The van der Waals surface area contributed by atoms with Crippen molar-refractivity contribution >= 4 is 5.97 Å². The van der Waals surface area contributed by atoms with Crippen LogP contribution in [0.3, 0.4) is 0 Å². The molecule has 4 nitrogen and oxygen atoms in total. The normalized spacial score (nSPS) is 11.8. The molecular weight excluding hydrogens is 316 g/mol. The van der Waals surface area contributed by atoms with Crippen molar-refractivity contribution in [3.63, 3.8) is 0 Å². The van der Waals surface area contributed by atoms with Crippen LogP contribution in [-0.2, 0) is 11.2 Å². The maximum atomic E-state index is 11.9. The van der Waals surface area contributed by atoms with Crippen molar-refractivity contribution in [1.29, 1.82) is 0 Å². The van der Waals surface area contributed by atoms with E-state index in [4.69, 9.17) is 9.47 Å². The molecule has 0 bridgehead atoms. The number of carbonyl (C=O) groups is 1. The van der Waals surface area contributed by atoms with Crippen LogP contribution in [0, 0.1) is 13.8 Å². The van der Waals surface area contributed by atoms with E-state index in [0.717, 1.165) is 22.3 Å². The quantitative estimate of drug-likeness (QED) is 0.767. The molecule has 0 fully saturated rings. The number of aryl methyl sites for hydroxylation is 2. The van der Waals surface area contributed by atoms with Crippen LogP contribution < -0.4 is 9.47 Å². The highest BCUT2D eigenvalue weighted by Crippen LogP contribution is 2.32. The average molecular weight is 342 g/mol. The summed E-state index contributed by atoms with van der Waals surface area (Å²) in [7, 11) is 0. The number of carboxylic acids is 1. The third-order valence-electron chi connectivity index (χ3n) is 4.15. The van der Waals surface area contributed by atoms with Crippen LogP contribution in [0.15, 0.2) is 36.4 Å². The SMILES string of the molecule is CCOc1ccc(CC(C(=O)O)c2ccc(C)cc2C)cc1OCC. The largest absolute Gasteiger partial charge is 0.490 e. The van der Waals surface area contributed by atoms with Gasteiger partial charge < -0.3 is 14.6 Å². The number of aliphatic carboxylic acids is 1. The number of carboxylic acid groups (broad SMARTS) is 1. The summed E-state index contributed by atoms with van der Waals surface area (Å²) in [6.45, 7) is 8.89. The molecule has 1 N–H and O–H groups in total. The third kappa shape index (κ3) is 4.75. The minimum absolute atomic E-state index is 0.408. The van der Waals surface area contributed by atoms with Crippen molar-refractivity contribution in [3.8, 4) is 11.5 Å². The number of rotatable bonds is 8. The zero-order valence-corrected chi connectivity index (χ0v) is 15.3. The molecular formula is C21H26O4. The fourth-order valence-electron chi connectivity index (χ4n) is 3.01. The maximum absolute atomic E-state index is 11.9. The van der Waals surface area contributed by atoms with Crippen LogP contribution in [0.4, 0.5) is 0 Å². The van der Waals surface area contributed by atoms with Crippen molar-refractivity contribution in [2.75, 3.05) is 13.2 Å². The first-order valence-corrected chi connectivity index (χ1v) is 8.64. The molecule has 1 unspecified atom stereocenters. The van der Waals surface area contributed by atoms with E-state index in [2.05, 4.69) is 0 Å². The van der Waals surface area contributed by atoms with Crippen molar-refractivity contribution in [1.82, 2.24) is 0 Å². The van der Waals surface area contributed by atoms with Crippen LogP contribution in [-0.4, -0.2) is 24.3 Å². The zero-order chi connectivity index (χ0) is 18.4. The molecule has 1 atom stereocenters. The van der Waals surface area contributed by atoms with Crippen LogP contribution in [0.5, 0.6) is 11.5 Å². The number of hydrogen-bond donors (Lipinski definition) is 1. The second kappa shape index (κ2) is 8.56. The maximum Gasteiger partial charge on any atom is 0.311 e. The highest BCUT2D eigenvalue weighted by molar-refractivity contribution is 5.77. The fraction of sp³-hybridized carbons (Fsp3) is 0.381. The topological polar surface area (TPSA) is 55.8 Å². The lowest BCUT2D eigenvalue weighted by atomic mass is 9.88. The first-order valence-electron chi connectivity index (χ1n) is 8.64. The summed E-state index contributed by atoms with van der Waals surface area (Å²) in [5.74, 6) is -0.0649. The Kier molecular flexibility index (Phi) is 6.45. The minimum Gasteiger partial charge on any atom is -0.490 e. The summed E-state index contributed by atoms with van der Waals surface area (Å²) < 4.78 is 11.2. The molecule has 0 aliphatic heterocycles. The summed E-state index contributed by atoms with van der Waals surface area (Å²) in [6, 6.07) is 11.5. The first kappa shape index (κ1) is 18.8. The Hall–Kier alpha value is -2.49. The Morgan fingerprint density at radius 3 is 2.28 bits per heavy atom. The van der Waals surface area contributed by atoms with Gasteiger partial charge in [0.25, 0.3) is 0 Å². The van der Waals surface area contributed by atoms with Crippen LogP contribution in [0.25, 0.3) is 0 Å². The van der Waals surface area contributed by atoms with Crippen LogP contribution >= 0.6 is 0 Å². The van der Waals surface area contributed by atoms with Gasteiger partial charge in [-0.15, -0.1) is 0 Å². The Morgan fingerprint density at radius 1 is 1.00 bits per heavy atom. The second-order valence-corrected chi connectivity index (χ2v) is 6.10. The molecule has 2 aromatic rings. The predicted molar refractivity (Wildman–Crippen MR) is 98.8 cm³/mol. The molecule has 0 saturated heterocycles. The molecule has 4 heteroatoms. The Balaban J connectivity index is 2.33. The molecule has 0 saturated carbocycles. The highest BCUT2D eigenvalue weighted by Gasteiger charge is 2.22. The minimum atomic E-state index is -0.821. The van der Waals surface area contributed by atoms with Gasteiger partial charge in [0.05, 0.1) is 19.1 Å². The van der Waals surface area contributed by atoms with Crippen LogP contribution in [0.1, 0.15) is 42.0 Å². The van der Waals surface area contributed by atoms with Crippen molar-refractivity contribution in [3.05, 3.63) is 58.7 Å². The number of hydrogen-bond acceptors (Lipinski definition) is 3. The Morgan fingerprint density at radius 2 is 1.68 bits per heavy atom. The third-order valence-corrected chi connectivity index (χ3v) is 4.15. The van der Waals surface area contributed by atoms with Gasteiger partial charge in [0.1, 0.15) is 0 Å². The molecule has 0 amide bonds. The average Bonchev–Trinajstić information content (AvgIpc) is 2.56. The molecule has 0 aliphatic carbocycles. The van der Waals surface area contributed by atoms with Crippen molar-refractivity contribution in [2.24, 2.45) is 0 Å². The van der Waals surface area contributed by atoms with Gasteiger partial charge in [-0.05, 0) is 62.9 Å². The van der Waals surface area contributed by atoms with E-state index in [1.54, 1.807) is 0 Å². The molecule has 2 aromatic carbocycles. The summed E-state index contributed by atoms with van der Waals surface area (Å²) >= 11 is 0. The van der Waals surface area contributed by atoms with E-state index in [1.165, 1.54) is 0 Å². The monoisotopic (exact) mass is 342 g/mol. The van der Waals surface area contributed by atoms with E-state index in [9.17, 15) is 9.90 Å². The molecule has 2 rings (SSSR count). The molecule has 25 heavy (non-hydrogen) atoms. The van der Waals surface area contributed by atoms with E-state index in [1.807, 2.05) is 64.1 Å². The van der Waals surface area contributed by atoms with Crippen molar-refractivity contribution in [2.45, 2.75) is 40.0 Å². The second-order valence-electron chi connectivity index (χ2n) is 6.10. The summed E-state index contributed by atoms with van der Waals surface area (Å²) in [4.78, 5) is 11.9. The van der Waals surface area contributed by atoms with E-state index >= 15 is 0 Å². The highest BCUT2D eigenvalue weighted by atomic mass is 16.5. The van der Waals surface area contributed by atoms with Gasteiger partial charge in [0, 0.05) is 0 Å². The fourth-order valence-corrected chi connectivity index (χ4v) is 3.01. The van der Waals surface area contributed by atoms with Gasteiger partial charge in [-0.25, -0.2) is 0 Å². The molecule has 0 spiro atoms. The smallest absolute Gasteiger partial charge is 0.311 e. The summed E-state index contributed by atoms with van der Waals surface area (Å²) in [5, 5.41) is 9.74. The Labute approximate surface area is 149 Å².